The predicted molar refractivity (Wildman–Crippen MR) is 98.2 cm³/mol. The summed E-state index contributed by atoms with van der Waals surface area (Å²) in [7, 11) is 0. The molecule has 1 aromatic rings. The van der Waals surface area contributed by atoms with Crippen LogP contribution in [-0.2, 0) is 4.79 Å². The number of rotatable bonds is 6. The Morgan fingerprint density at radius 1 is 1.44 bits per heavy atom. The summed E-state index contributed by atoms with van der Waals surface area (Å²) in [6.07, 6.45) is 5.78. The van der Waals surface area contributed by atoms with Crippen LogP contribution in [0.1, 0.15) is 37.0 Å². The van der Waals surface area contributed by atoms with Crippen LogP contribution >= 0.6 is 11.6 Å². The van der Waals surface area contributed by atoms with Crippen LogP contribution in [0.2, 0.25) is 5.02 Å². The minimum atomic E-state index is -0.833. The third kappa shape index (κ3) is 6.76. The smallest absolute Gasteiger partial charge is 0.300 e. The highest BCUT2D eigenvalue weighted by atomic mass is 35.5. The van der Waals surface area contributed by atoms with Crippen molar-refractivity contribution < 1.29 is 19.4 Å². The number of carbonyl (C=O) groups excluding carboxylic acids is 1. The van der Waals surface area contributed by atoms with Gasteiger partial charge in [0, 0.05) is 19.0 Å². The summed E-state index contributed by atoms with van der Waals surface area (Å²) in [6.45, 7) is 4.91. The first kappa shape index (κ1) is 21.0. The van der Waals surface area contributed by atoms with Crippen molar-refractivity contribution in [1.29, 1.82) is 0 Å². The standard InChI is InChI=1S/C16H21ClN2O2.C2H4O2/c1-2-13-5-3-9-19(13)16(20)12-6-7-15(14(17)11-12)21-10-4-8-18;1-2(3)4/h3,5-7,11,13H,2,4,8-10,18H2,1H3;1H3,(H,3,4). The average Bonchev–Trinajstić information content (AvgIpc) is 3.04. The highest BCUT2D eigenvalue weighted by Crippen LogP contribution is 2.27. The zero-order valence-corrected chi connectivity index (χ0v) is 15.3. The third-order valence-corrected chi connectivity index (χ3v) is 3.82. The van der Waals surface area contributed by atoms with Crippen molar-refractivity contribution in [2.45, 2.75) is 32.7 Å². The topological polar surface area (TPSA) is 92.9 Å². The molecular weight excluding hydrogens is 344 g/mol. The molecule has 7 heteroatoms. The monoisotopic (exact) mass is 368 g/mol. The van der Waals surface area contributed by atoms with Crippen LogP contribution in [0.15, 0.2) is 30.4 Å². The van der Waals surface area contributed by atoms with Gasteiger partial charge in [-0.2, -0.15) is 0 Å². The van der Waals surface area contributed by atoms with Gasteiger partial charge in [0.15, 0.2) is 0 Å². The first-order chi connectivity index (χ1) is 11.9. The Bertz CT molecular complexity index is 615. The number of carboxylic acids is 1. The molecule has 6 nitrogen and oxygen atoms in total. The summed E-state index contributed by atoms with van der Waals surface area (Å²) < 4.78 is 5.53. The lowest BCUT2D eigenvalue weighted by Gasteiger charge is -2.23. The number of nitrogens with two attached hydrogens (primary N) is 1. The molecule has 0 radical (unpaired) electrons. The van der Waals surface area contributed by atoms with Crippen molar-refractivity contribution in [2.24, 2.45) is 5.73 Å². The second kappa shape index (κ2) is 10.7. The summed E-state index contributed by atoms with van der Waals surface area (Å²) in [5.74, 6) is -0.240. The molecule has 0 saturated heterocycles. The van der Waals surface area contributed by atoms with Crippen molar-refractivity contribution in [3.8, 4) is 5.75 Å². The molecule has 1 aliphatic rings. The maximum absolute atomic E-state index is 12.5. The molecule has 0 spiro atoms. The van der Waals surface area contributed by atoms with Crippen molar-refractivity contribution in [2.75, 3.05) is 19.7 Å². The highest BCUT2D eigenvalue weighted by molar-refractivity contribution is 6.32. The molecule has 138 valence electrons. The van der Waals surface area contributed by atoms with E-state index in [0.717, 1.165) is 19.8 Å². The van der Waals surface area contributed by atoms with Crippen LogP contribution in [-0.4, -0.2) is 47.6 Å². The second-order valence-corrected chi connectivity index (χ2v) is 5.92. The van der Waals surface area contributed by atoms with E-state index in [1.807, 2.05) is 11.0 Å². The Morgan fingerprint density at radius 2 is 2.12 bits per heavy atom. The van der Waals surface area contributed by atoms with E-state index >= 15 is 0 Å². The number of halogens is 1. The van der Waals surface area contributed by atoms with Crippen molar-refractivity contribution in [3.05, 3.63) is 40.9 Å². The SMILES string of the molecule is CC(=O)O.CCC1C=CCN1C(=O)c1ccc(OCCCN)c(Cl)c1. The second-order valence-electron chi connectivity index (χ2n) is 5.52. The van der Waals surface area contributed by atoms with Gasteiger partial charge in [-0.25, -0.2) is 0 Å². The van der Waals surface area contributed by atoms with Gasteiger partial charge in [0.2, 0.25) is 0 Å². The normalized spacial score (nSPS) is 15.5. The number of benzene rings is 1. The Hall–Kier alpha value is -2.05. The van der Waals surface area contributed by atoms with E-state index in [1.165, 1.54) is 0 Å². The lowest BCUT2D eigenvalue weighted by molar-refractivity contribution is -0.134. The fraction of sp³-hybridized carbons (Fsp3) is 0.444. The van der Waals surface area contributed by atoms with Crippen LogP contribution in [0.3, 0.4) is 0 Å². The lowest BCUT2D eigenvalue weighted by Crippen LogP contribution is -2.35. The Balaban J connectivity index is 0.000000705. The van der Waals surface area contributed by atoms with E-state index in [0.29, 0.717) is 36.0 Å². The van der Waals surface area contributed by atoms with Gasteiger partial charge >= 0.3 is 0 Å². The fourth-order valence-electron chi connectivity index (χ4n) is 2.34. The van der Waals surface area contributed by atoms with E-state index < -0.39 is 5.97 Å². The number of aliphatic carboxylic acids is 1. The van der Waals surface area contributed by atoms with Gasteiger partial charge in [-0.3, -0.25) is 9.59 Å². The number of amides is 1. The van der Waals surface area contributed by atoms with Crippen LogP contribution in [0.4, 0.5) is 0 Å². The minimum Gasteiger partial charge on any atom is -0.492 e. The van der Waals surface area contributed by atoms with Gasteiger partial charge in [-0.15, -0.1) is 0 Å². The van der Waals surface area contributed by atoms with E-state index in [-0.39, 0.29) is 11.9 Å². The highest BCUT2D eigenvalue weighted by Gasteiger charge is 2.24. The molecule has 1 heterocycles. The van der Waals surface area contributed by atoms with E-state index in [2.05, 4.69) is 13.0 Å². The van der Waals surface area contributed by atoms with Gasteiger partial charge in [0.05, 0.1) is 17.7 Å². The Kier molecular flexibility index (Phi) is 9.02. The molecule has 2 rings (SSSR count). The first-order valence-electron chi connectivity index (χ1n) is 8.20. The molecule has 1 aromatic carbocycles. The third-order valence-electron chi connectivity index (χ3n) is 3.52. The molecule has 0 saturated carbocycles. The Morgan fingerprint density at radius 3 is 2.68 bits per heavy atom. The van der Waals surface area contributed by atoms with Gasteiger partial charge in [0.1, 0.15) is 5.75 Å². The zero-order valence-electron chi connectivity index (χ0n) is 14.6. The molecule has 1 aliphatic heterocycles. The number of nitrogens with zero attached hydrogens (tertiary/aromatic N) is 1. The number of hydrogen-bond donors (Lipinski definition) is 2. The molecule has 0 aliphatic carbocycles. The summed E-state index contributed by atoms with van der Waals surface area (Å²) in [5, 5.41) is 7.87. The quantitative estimate of drug-likeness (QED) is 0.594. The Labute approximate surface area is 153 Å². The largest absolute Gasteiger partial charge is 0.492 e. The summed E-state index contributed by atoms with van der Waals surface area (Å²) in [6, 6.07) is 5.36. The molecule has 0 fully saturated rings. The molecule has 1 atom stereocenters. The van der Waals surface area contributed by atoms with Crippen molar-refractivity contribution in [3.63, 3.8) is 0 Å². The maximum atomic E-state index is 12.5. The predicted octanol–water partition coefficient (Wildman–Crippen LogP) is 2.95. The van der Waals surface area contributed by atoms with Gasteiger partial charge in [-0.05, 0) is 37.6 Å². The van der Waals surface area contributed by atoms with E-state index in [9.17, 15) is 4.79 Å². The van der Waals surface area contributed by atoms with Crippen LogP contribution in [0.5, 0.6) is 5.75 Å². The van der Waals surface area contributed by atoms with Crippen molar-refractivity contribution >= 4 is 23.5 Å². The summed E-state index contributed by atoms with van der Waals surface area (Å²) >= 11 is 6.19. The number of ether oxygens (including phenoxy) is 1. The number of carboxylic acid groups (broad SMARTS) is 1. The first-order valence-corrected chi connectivity index (χ1v) is 8.58. The van der Waals surface area contributed by atoms with Crippen LogP contribution in [0.25, 0.3) is 0 Å². The van der Waals surface area contributed by atoms with Crippen molar-refractivity contribution in [1.82, 2.24) is 4.90 Å². The number of hydrogen-bond acceptors (Lipinski definition) is 4. The summed E-state index contributed by atoms with van der Waals surface area (Å²) in [5.41, 5.74) is 6.01. The van der Waals surface area contributed by atoms with Crippen LogP contribution in [0, 0.1) is 0 Å². The number of carbonyl (C=O) groups is 2. The molecule has 1 amide bonds. The molecule has 25 heavy (non-hydrogen) atoms. The van der Waals surface area contributed by atoms with Gasteiger partial charge in [-0.1, -0.05) is 30.7 Å². The minimum absolute atomic E-state index is 0.00209. The summed E-state index contributed by atoms with van der Waals surface area (Å²) in [4.78, 5) is 23.4. The average molecular weight is 369 g/mol. The van der Waals surface area contributed by atoms with E-state index in [1.54, 1.807) is 18.2 Å². The molecule has 0 aromatic heterocycles. The molecule has 0 bridgehead atoms. The molecule has 3 N–H and O–H groups in total. The van der Waals surface area contributed by atoms with Crippen LogP contribution < -0.4 is 10.5 Å². The molecular formula is C18H25ClN2O4. The zero-order chi connectivity index (χ0) is 18.8. The van der Waals surface area contributed by atoms with E-state index in [4.69, 9.17) is 32.0 Å². The fourth-order valence-corrected chi connectivity index (χ4v) is 2.58. The maximum Gasteiger partial charge on any atom is 0.300 e. The van der Waals surface area contributed by atoms with Gasteiger partial charge < -0.3 is 20.5 Å². The lowest BCUT2D eigenvalue weighted by atomic mass is 10.1. The molecule has 1 unspecified atom stereocenters. The van der Waals surface area contributed by atoms with Gasteiger partial charge in [0.25, 0.3) is 11.9 Å².